The Morgan fingerprint density at radius 1 is 1.09 bits per heavy atom. The van der Waals surface area contributed by atoms with E-state index >= 15 is 0 Å². The number of methoxy groups -OCH3 is 1. The minimum Gasteiger partial charge on any atom is -0.497 e. The molecule has 7 heteroatoms. The first kappa shape index (κ1) is 22.3. The average molecular weight is 437 g/mol. The van der Waals surface area contributed by atoms with Crippen LogP contribution in [0.3, 0.4) is 0 Å². The van der Waals surface area contributed by atoms with Gasteiger partial charge in [0.25, 0.3) is 0 Å². The third-order valence-electron chi connectivity index (χ3n) is 5.84. The maximum absolute atomic E-state index is 9.13. The van der Waals surface area contributed by atoms with E-state index in [1.165, 1.54) is 5.69 Å². The summed E-state index contributed by atoms with van der Waals surface area (Å²) >= 11 is 0. The fourth-order valence-electron chi connectivity index (χ4n) is 4.13. The van der Waals surface area contributed by atoms with Gasteiger partial charge in [0.15, 0.2) is 0 Å². The molecule has 0 radical (unpaired) electrons. The predicted molar refractivity (Wildman–Crippen MR) is 129 cm³/mol. The van der Waals surface area contributed by atoms with Gasteiger partial charge < -0.3 is 30.1 Å². The maximum atomic E-state index is 9.13. The molecule has 1 atom stereocenters. The number of benzene rings is 2. The third-order valence-corrected chi connectivity index (χ3v) is 5.84. The van der Waals surface area contributed by atoms with Gasteiger partial charge >= 0.3 is 0 Å². The molecule has 170 valence electrons. The molecule has 0 saturated carbocycles. The summed E-state index contributed by atoms with van der Waals surface area (Å²) in [4.78, 5) is 7.36. The number of hydrogen-bond acceptors (Lipinski definition) is 7. The minimum absolute atomic E-state index is 0.160. The molecule has 4 rings (SSSR count). The minimum atomic E-state index is 0.160. The highest BCUT2D eigenvalue weighted by molar-refractivity contribution is 5.95. The number of rotatable bonds is 10. The summed E-state index contributed by atoms with van der Waals surface area (Å²) in [5.41, 5.74) is 4.06. The molecule has 1 unspecified atom stereocenters. The summed E-state index contributed by atoms with van der Waals surface area (Å²) < 4.78 is 11.2. The molecule has 3 aromatic rings. The summed E-state index contributed by atoms with van der Waals surface area (Å²) in [6, 6.07) is 16.7. The lowest BCUT2D eigenvalue weighted by Gasteiger charge is -2.22. The zero-order valence-electron chi connectivity index (χ0n) is 18.8. The Hall–Kier alpha value is -2.87. The van der Waals surface area contributed by atoms with Crippen molar-refractivity contribution in [2.24, 2.45) is 0 Å². The van der Waals surface area contributed by atoms with Crippen molar-refractivity contribution in [1.29, 1.82) is 0 Å². The van der Waals surface area contributed by atoms with Crippen LogP contribution in [-0.2, 0) is 0 Å². The van der Waals surface area contributed by atoms with Crippen molar-refractivity contribution in [1.82, 2.24) is 15.6 Å². The normalized spacial score (nSPS) is 16.0. The van der Waals surface area contributed by atoms with Crippen molar-refractivity contribution >= 4 is 16.6 Å². The molecule has 7 nitrogen and oxygen atoms in total. The van der Waals surface area contributed by atoms with Crippen LogP contribution in [0.1, 0.15) is 6.42 Å². The standard InChI is InChI=1S/C25H32N4O3/c1-26-11-14-32-20-5-3-18(4-6-20)23-16-25(29-12-9-19(17-29)27-10-13-30)22-8-7-21(31-2)15-24(22)28-23/h3-8,15-16,19,26-27,30H,9-14,17H2,1-2H3. The fourth-order valence-corrected chi connectivity index (χ4v) is 4.13. The van der Waals surface area contributed by atoms with Crippen LogP contribution in [0.5, 0.6) is 11.5 Å². The lowest BCUT2D eigenvalue weighted by Crippen LogP contribution is -2.34. The number of likely N-dealkylation sites (N-methyl/N-ethyl adjacent to an activating group) is 1. The van der Waals surface area contributed by atoms with Crippen LogP contribution in [0.15, 0.2) is 48.5 Å². The quantitative estimate of drug-likeness (QED) is 0.422. The Balaban J connectivity index is 1.66. The summed E-state index contributed by atoms with van der Waals surface area (Å²) in [5.74, 6) is 1.65. The molecule has 1 aliphatic heterocycles. The topological polar surface area (TPSA) is 78.9 Å². The Bertz CT molecular complexity index is 1030. The molecule has 2 aromatic carbocycles. The summed E-state index contributed by atoms with van der Waals surface area (Å²) in [6.45, 7) is 4.10. The van der Waals surface area contributed by atoms with Gasteiger partial charge in [-0.05, 0) is 55.9 Å². The van der Waals surface area contributed by atoms with E-state index in [4.69, 9.17) is 19.6 Å². The molecule has 1 aliphatic rings. The molecule has 1 fully saturated rings. The van der Waals surface area contributed by atoms with E-state index in [9.17, 15) is 0 Å². The highest BCUT2D eigenvalue weighted by atomic mass is 16.5. The monoisotopic (exact) mass is 436 g/mol. The number of aliphatic hydroxyl groups is 1. The molecule has 3 N–H and O–H groups in total. The van der Waals surface area contributed by atoms with Gasteiger partial charge in [-0.2, -0.15) is 0 Å². The molecular formula is C25H32N4O3. The van der Waals surface area contributed by atoms with E-state index in [1.54, 1.807) is 7.11 Å². The van der Waals surface area contributed by atoms with E-state index in [1.807, 2.05) is 31.3 Å². The van der Waals surface area contributed by atoms with Gasteiger partial charge in [0.05, 0.1) is 24.9 Å². The number of fused-ring (bicyclic) bond motifs is 1. The van der Waals surface area contributed by atoms with Crippen molar-refractivity contribution in [3.05, 3.63) is 48.5 Å². The van der Waals surface area contributed by atoms with Gasteiger partial charge in [-0.25, -0.2) is 4.98 Å². The Morgan fingerprint density at radius 3 is 2.66 bits per heavy atom. The SMILES string of the molecule is CNCCOc1ccc(-c2cc(N3CCC(NCCO)C3)c3ccc(OC)cc3n2)cc1. The van der Waals surface area contributed by atoms with Crippen molar-refractivity contribution in [2.75, 3.05) is 58.5 Å². The van der Waals surface area contributed by atoms with E-state index in [0.717, 1.165) is 59.7 Å². The largest absolute Gasteiger partial charge is 0.497 e. The summed E-state index contributed by atoms with van der Waals surface area (Å²) in [5, 5.41) is 16.8. The molecule has 1 saturated heterocycles. The summed E-state index contributed by atoms with van der Waals surface area (Å²) in [6.07, 6.45) is 1.05. The van der Waals surface area contributed by atoms with E-state index in [2.05, 4.69) is 39.8 Å². The number of ether oxygens (including phenoxy) is 2. The molecule has 2 heterocycles. The maximum Gasteiger partial charge on any atom is 0.121 e. The lowest BCUT2D eigenvalue weighted by molar-refractivity contribution is 0.286. The van der Waals surface area contributed by atoms with Crippen LogP contribution in [0.25, 0.3) is 22.2 Å². The second kappa shape index (κ2) is 10.6. The van der Waals surface area contributed by atoms with Gasteiger partial charge in [-0.1, -0.05) is 0 Å². The molecule has 32 heavy (non-hydrogen) atoms. The van der Waals surface area contributed by atoms with E-state index in [0.29, 0.717) is 19.2 Å². The molecule has 0 amide bonds. The zero-order valence-corrected chi connectivity index (χ0v) is 18.8. The van der Waals surface area contributed by atoms with Gasteiger partial charge in [-0.15, -0.1) is 0 Å². The number of aliphatic hydroxyl groups excluding tert-OH is 1. The van der Waals surface area contributed by atoms with Crippen LogP contribution in [0.2, 0.25) is 0 Å². The Labute approximate surface area is 189 Å². The number of nitrogens with zero attached hydrogens (tertiary/aromatic N) is 2. The molecule has 1 aromatic heterocycles. The first-order valence-corrected chi connectivity index (χ1v) is 11.2. The fraction of sp³-hybridized carbons (Fsp3) is 0.400. The van der Waals surface area contributed by atoms with Gasteiger partial charge in [0.1, 0.15) is 18.1 Å². The van der Waals surface area contributed by atoms with Gasteiger partial charge in [0.2, 0.25) is 0 Å². The van der Waals surface area contributed by atoms with Gasteiger partial charge in [-0.3, -0.25) is 0 Å². The highest BCUT2D eigenvalue weighted by Crippen LogP contribution is 2.35. The first-order valence-electron chi connectivity index (χ1n) is 11.2. The van der Waals surface area contributed by atoms with Crippen molar-refractivity contribution in [3.63, 3.8) is 0 Å². The molecule has 0 aliphatic carbocycles. The molecule has 0 spiro atoms. The second-order valence-corrected chi connectivity index (χ2v) is 8.00. The average Bonchev–Trinajstić information content (AvgIpc) is 3.31. The highest BCUT2D eigenvalue weighted by Gasteiger charge is 2.24. The Morgan fingerprint density at radius 2 is 1.91 bits per heavy atom. The smallest absolute Gasteiger partial charge is 0.121 e. The van der Waals surface area contributed by atoms with Gasteiger partial charge in [0, 0.05) is 54.9 Å². The lowest BCUT2D eigenvalue weighted by atomic mass is 10.1. The number of aromatic nitrogens is 1. The number of anilines is 1. The third kappa shape index (κ3) is 5.12. The molecular weight excluding hydrogens is 404 g/mol. The zero-order chi connectivity index (χ0) is 22.3. The number of nitrogens with one attached hydrogen (secondary N) is 2. The van der Waals surface area contributed by atoms with Crippen LogP contribution in [0.4, 0.5) is 5.69 Å². The Kier molecular flexibility index (Phi) is 7.42. The van der Waals surface area contributed by atoms with Crippen LogP contribution < -0.4 is 25.0 Å². The second-order valence-electron chi connectivity index (χ2n) is 8.00. The van der Waals surface area contributed by atoms with Crippen LogP contribution >= 0.6 is 0 Å². The predicted octanol–water partition coefficient (Wildman–Crippen LogP) is 2.67. The number of pyridine rings is 1. The number of hydrogen-bond donors (Lipinski definition) is 3. The van der Waals surface area contributed by atoms with Crippen molar-refractivity contribution < 1.29 is 14.6 Å². The molecule has 0 bridgehead atoms. The van der Waals surface area contributed by atoms with Crippen LogP contribution in [0, 0.1) is 0 Å². The summed E-state index contributed by atoms with van der Waals surface area (Å²) in [7, 11) is 3.59. The van der Waals surface area contributed by atoms with Crippen molar-refractivity contribution in [2.45, 2.75) is 12.5 Å². The first-order chi connectivity index (χ1) is 15.7. The van der Waals surface area contributed by atoms with Crippen LogP contribution in [-0.4, -0.2) is 69.7 Å². The van der Waals surface area contributed by atoms with E-state index < -0.39 is 0 Å². The van der Waals surface area contributed by atoms with Crippen molar-refractivity contribution in [3.8, 4) is 22.8 Å². The van der Waals surface area contributed by atoms with E-state index in [-0.39, 0.29) is 6.61 Å².